The molecule has 0 aliphatic heterocycles. The van der Waals surface area contributed by atoms with Crippen molar-refractivity contribution < 1.29 is 14.2 Å². The molecule has 0 aromatic carbocycles. The monoisotopic (exact) mass is 250 g/mol. The number of methoxy groups -OCH3 is 1. The Morgan fingerprint density at radius 3 is 2.00 bits per heavy atom. The Bertz CT molecular complexity index is 174. The Balaban J connectivity index is 3.22. The molecule has 3 nitrogen and oxygen atoms in total. The van der Waals surface area contributed by atoms with Gasteiger partial charge in [-0.2, -0.15) is 0 Å². The lowest BCUT2D eigenvalue weighted by Crippen LogP contribution is -2.04. The van der Waals surface area contributed by atoms with Crippen LogP contribution in [0.15, 0.2) is 0 Å². The summed E-state index contributed by atoms with van der Waals surface area (Å²) in [7, 11) is -0.992. The lowest BCUT2D eigenvalue weighted by Gasteiger charge is -2.10. The van der Waals surface area contributed by atoms with Crippen molar-refractivity contribution in [2.24, 2.45) is 0 Å². The molecule has 0 bridgehead atoms. The quantitative estimate of drug-likeness (QED) is 0.446. The van der Waals surface area contributed by atoms with Crippen molar-refractivity contribution >= 4 is 8.03 Å². The second-order valence-corrected chi connectivity index (χ2v) is 5.65. The minimum Gasteiger partial charge on any atom is -0.372 e. The van der Waals surface area contributed by atoms with Crippen LogP contribution in [0.5, 0.6) is 0 Å². The first kappa shape index (κ1) is 16.1. The van der Waals surface area contributed by atoms with Gasteiger partial charge in [0.1, 0.15) is 5.85 Å². The van der Waals surface area contributed by atoms with Crippen molar-refractivity contribution in [1.29, 1.82) is 0 Å². The number of hydrogen-bond acceptors (Lipinski definition) is 2. The Morgan fingerprint density at radius 2 is 1.56 bits per heavy atom. The summed E-state index contributed by atoms with van der Waals surface area (Å²) in [6.45, 7) is 2.22. The lowest BCUT2D eigenvalue weighted by atomic mass is 10.1. The zero-order valence-corrected chi connectivity index (χ0v) is 11.7. The van der Waals surface area contributed by atoms with Crippen LogP contribution in [0.1, 0.15) is 64.7 Å². The Kier molecular flexibility index (Phi) is 11.7. The number of ether oxygens (including phenoxy) is 1. The van der Waals surface area contributed by atoms with Gasteiger partial charge < -0.3 is 9.63 Å². The van der Waals surface area contributed by atoms with Gasteiger partial charge in [0, 0.05) is 7.11 Å². The van der Waals surface area contributed by atoms with Gasteiger partial charge in [0.25, 0.3) is 0 Å². The highest BCUT2D eigenvalue weighted by Gasteiger charge is 2.11. The topological polar surface area (TPSA) is 46.5 Å². The van der Waals surface area contributed by atoms with E-state index in [4.69, 9.17) is 9.63 Å². The van der Waals surface area contributed by atoms with Gasteiger partial charge in [-0.25, -0.2) is 0 Å². The predicted molar refractivity (Wildman–Crippen MR) is 69.2 cm³/mol. The van der Waals surface area contributed by atoms with Gasteiger partial charge in [-0.15, -0.1) is 0 Å². The molecule has 0 spiro atoms. The second-order valence-electron chi connectivity index (χ2n) is 4.33. The first-order valence-corrected chi connectivity index (χ1v) is 7.91. The van der Waals surface area contributed by atoms with Gasteiger partial charge in [0.05, 0.1) is 0 Å². The maximum Gasteiger partial charge on any atom is 0.217 e. The summed E-state index contributed by atoms with van der Waals surface area (Å²) in [5.74, 6) is -0.426. The molecular weight excluding hydrogens is 223 g/mol. The van der Waals surface area contributed by atoms with Crippen molar-refractivity contribution in [3.8, 4) is 0 Å². The van der Waals surface area contributed by atoms with Crippen molar-refractivity contribution in [2.75, 3.05) is 7.11 Å². The van der Waals surface area contributed by atoms with Crippen LogP contribution in [0.4, 0.5) is 0 Å². The third kappa shape index (κ3) is 9.38. The molecule has 2 unspecified atom stereocenters. The molecular formula is C12H27O3P. The van der Waals surface area contributed by atoms with Crippen LogP contribution in [-0.2, 0) is 9.30 Å². The summed E-state index contributed by atoms with van der Waals surface area (Å²) in [6, 6.07) is 0. The van der Waals surface area contributed by atoms with E-state index < -0.39 is 13.9 Å². The zero-order chi connectivity index (χ0) is 12.2. The van der Waals surface area contributed by atoms with E-state index in [1.165, 1.54) is 45.6 Å². The predicted octanol–water partition coefficient (Wildman–Crippen LogP) is 3.96. The van der Waals surface area contributed by atoms with Gasteiger partial charge in [-0.05, 0) is 6.42 Å². The molecule has 1 N–H and O–H groups in total. The van der Waals surface area contributed by atoms with E-state index in [1.807, 2.05) is 0 Å². The Hall–Kier alpha value is 0.150. The fourth-order valence-corrected chi connectivity index (χ4v) is 2.46. The Morgan fingerprint density at radius 1 is 1.06 bits per heavy atom. The molecule has 0 aliphatic carbocycles. The number of rotatable bonds is 11. The fraction of sp³-hybridized carbons (Fsp3) is 1.00. The summed E-state index contributed by atoms with van der Waals surface area (Å²) >= 11 is 0. The van der Waals surface area contributed by atoms with Gasteiger partial charge in [0.15, 0.2) is 0 Å². The van der Waals surface area contributed by atoms with Crippen LogP contribution in [0.25, 0.3) is 0 Å². The molecule has 0 amide bonds. The van der Waals surface area contributed by atoms with Crippen molar-refractivity contribution in [2.45, 2.75) is 70.6 Å². The highest BCUT2D eigenvalue weighted by molar-refractivity contribution is 7.38. The third-order valence-corrected chi connectivity index (χ3v) is 3.96. The smallest absolute Gasteiger partial charge is 0.217 e. The second kappa shape index (κ2) is 11.6. The minimum absolute atomic E-state index is 0.426. The molecule has 0 aromatic heterocycles. The average molecular weight is 250 g/mol. The van der Waals surface area contributed by atoms with E-state index in [0.717, 1.165) is 19.3 Å². The standard InChI is InChI=1S/C12H27O3P/c1-3-4-5-6-7-8-9-10-11-12(15-2)16(13)14/h12,16H,3-11H2,1-2H3,(H,13,14). The van der Waals surface area contributed by atoms with E-state index >= 15 is 0 Å². The molecule has 4 heteroatoms. The van der Waals surface area contributed by atoms with E-state index in [2.05, 4.69) is 6.92 Å². The molecule has 0 saturated heterocycles. The summed E-state index contributed by atoms with van der Waals surface area (Å²) in [4.78, 5) is 8.93. The van der Waals surface area contributed by atoms with Gasteiger partial charge in [-0.1, -0.05) is 58.3 Å². The van der Waals surface area contributed by atoms with Crippen LogP contribution < -0.4 is 0 Å². The summed E-state index contributed by atoms with van der Waals surface area (Å²) in [6.07, 6.45) is 10.7. The van der Waals surface area contributed by atoms with Gasteiger partial charge in [-0.3, -0.25) is 4.57 Å². The molecule has 0 heterocycles. The van der Waals surface area contributed by atoms with Crippen molar-refractivity contribution in [1.82, 2.24) is 0 Å². The van der Waals surface area contributed by atoms with E-state index in [-0.39, 0.29) is 0 Å². The molecule has 0 radical (unpaired) electrons. The van der Waals surface area contributed by atoms with Crippen LogP contribution in [0.2, 0.25) is 0 Å². The first-order chi connectivity index (χ1) is 7.72. The van der Waals surface area contributed by atoms with Crippen LogP contribution in [0, 0.1) is 0 Å². The maximum absolute atomic E-state index is 10.8. The molecule has 0 aliphatic rings. The molecule has 2 atom stereocenters. The van der Waals surface area contributed by atoms with Gasteiger partial charge >= 0.3 is 0 Å². The van der Waals surface area contributed by atoms with Crippen LogP contribution in [-0.4, -0.2) is 17.8 Å². The summed E-state index contributed by atoms with van der Waals surface area (Å²) < 4.78 is 15.8. The highest BCUT2D eigenvalue weighted by atomic mass is 31.1. The minimum atomic E-state index is -2.50. The first-order valence-electron chi connectivity index (χ1n) is 6.48. The lowest BCUT2D eigenvalue weighted by molar-refractivity contribution is 0.147. The molecule has 0 saturated carbocycles. The number of unbranched alkanes of at least 4 members (excludes halogenated alkanes) is 7. The molecule has 0 fully saturated rings. The number of hydrogen-bond donors (Lipinski definition) is 1. The summed E-state index contributed by atoms with van der Waals surface area (Å²) in [5.41, 5.74) is 0. The third-order valence-electron chi connectivity index (χ3n) is 2.88. The molecule has 0 aromatic rings. The molecule has 98 valence electrons. The normalized spacial score (nSPS) is 14.9. The van der Waals surface area contributed by atoms with Crippen molar-refractivity contribution in [3.63, 3.8) is 0 Å². The van der Waals surface area contributed by atoms with Crippen LogP contribution >= 0.6 is 8.03 Å². The average Bonchev–Trinajstić information content (AvgIpc) is 2.26. The SMILES string of the molecule is CCCCCCCCCCC(OC)[PH](=O)O. The van der Waals surface area contributed by atoms with E-state index in [0.29, 0.717) is 0 Å². The van der Waals surface area contributed by atoms with Crippen molar-refractivity contribution in [3.05, 3.63) is 0 Å². The van der Waals surface area contributed by atoms with Crippen LogP contribution in [0.3, 0.4) is 0 Å². The molecule has 0 rings (SSSR count). The zero-order valence-electron chi connectivity index (χ0n) is 10.7. The Labute approximate surface area is 100 Å². The maximum atomic E-state index is 10.8. The fourth-order valence-electron chi connectivity index (χ4n) is 1.81. The largest absolute Gasteiger partial charge is 0.372 e. The summed E-state index contributed by atoms with van der Waals surface area (Å²) in [5, 5.41) is 0. The van der Waals surface area contributed by atoms with E-state index in [1.54, 1.807) is 0 Å². The molecule has 16 heavy (non-hydrogen) atoms. The van der Waals surface area contributed by atoms with Gasteiger partial charge in [0.2, 0.25) is 8.03 Å². The van der Waals surface area contributed by atoms with E-state index in [9.17, 15) is 4.57 Å². The highest BCUT2D eigenvalue weighted by Crippen LogP contribution is 2.27.